The first-order chi connectivity index (χ1) is 5.90. The molecule has 3 heterocycles. The molecule has 2 bridgehead atoms. The Labute approximate surface area is 72.7 Å². The van der Waals surface area contributed by atoms with Crippen LogP contribution in [-0.4, -0.2) is 31.3 Å². The Balaban J connectivity index is 2.10. The van der Waals surface area contributed by atoms with Crippen LogP contribution in [0.3, 0.4) is 0 Å². The summed E-state index contributed by atoms with van der Waals surface area (Å²) in [5, 5.41) is 3.79. The fourth-order valence-corrected chi connectivity index (χ4v) is 1.93. The van der Waals surface area contributed by atoms with Gasteiger partial charge in [0.2, 0.25) is 0 Å². The van der Waals surface area contributed by atoms with Gasteiger partial charge in [-0.15, -0.1) is 0 Å². The first kappa shape index (κ1) is 7.65. The van der Waals surface area contributed by atoms with Crippen LogP contribution in [0.5, 0.6) is 0 Å². The minimum atomic E-state index is 0.730. The van der Waals surface area contributed by atoms with Crippen molar-refractivity contribution in [3.8, 4) is 0 Å². The molecule has 0 radical (unpaired) electrons. The summed E-state index contributed by atoms with van der Waals surface area (Å²) in [4.78, 5) is 7.02. The first-order valence-electron chi connectivity index (χ1n) is 4.42. The molecular formula is C9H14N2O. The molecule has 66 valence electrons. The van der Waals surface area contributed by atoms with Gasteiger partial charge in [0.1, 0.15) is 7.11 Å². The maximum absolute atomic E-state index is 4.66. The number of rotatable bonds is 2. The SMILES string of the molecule is CON=CC1=CN2CCC1CC2. The molecule has 3 heteroatoms. The Kier molecular flexibility index (Phi) is 2.02. The molecule has 0 unspecified atom stereocenters. The van der Waals surface area contributed by atoms with E-state index in [0.29, 0.717) is 0 Å². The van der Waals surface area contributed by atoms with Crippen molar-refractivity contribution in [3.63, 3.8) is 0 Å². The Morgan fingerprint density at radius 3 is 2.83 bits per heavy atom. The van der Waals surface area contributed by atoms with Gasteiger partial charge < -0.3 is 9.74 Å². The van der Waals surface area contributed by atoms with E-state index in [2.05, 4.69) is 21.1 Å². The molecule has 0 aromatic carbocycles. The molecule has 0 amide bonds. The van der Waals surface area contributed by atoms with Gasteiger partial charge in [-0.2, -0.15) is 0 Å². The summed E-state index contributed by atoms with van der Waals surface area (Å²) < 4.78 is 0. The van der Waals surface area contributed by atoms with Crippen molar-refractivity contribution in [2.45, 2.75) is 12.8 Å². The summed E-state index contributed by atoms with van der Waals surface area (Å²) in [5.41, 5.74) is 1.33. The number of oxime groups is 1. The van der Waals surface area contributed by atoms with Crippen LogP contribution < -0.4 is 0 Å². The van der Waals surface area contributed by atoms with Gasteiger partial charge in [0.25, 0.3) is 0 Å². The van der Waals surface area contributed by atoms with Crippen molar-refractivity contribution in [2.75, 3.05) is 20.2 Å². The maximum Gasteiger partial charge on any atom is 0.106 e. The van der Waals surface area contributed by atoms with Gasteiger partial charge in [-0.05, 0) is 24.3 Å². The lowest BCUT2D eigenvalue weighted by atomic mass is 9.86. The molecule has 0 saturated carbocycles. The van der Waals surface area contributed by atoms with Crippen LogP contribution in [0.2, 0.25) is 0 Å². The third-order valence-corrected chi connectivity index (χ3v) is 2.64. The van der Waals surface area contributed by atoms with E-state index in [1.165, 1.54) is 31.5 Å². The second-order valence-corrected chi connectivity index (χ2v) is 3.36. The highest BCUT2D eigenvalue weighted by atomic mass is 16.6. The van der Waals surface area contributed by atoms with Crippen LogP contribution in [0, 0.1) is 5.92 Å². The Bertz CT molecular complexity index is 215. The van der Waals surface area contributed by atoms with Gasteiger partial charge in [0, 0.05) is 19.3 Å². The molecule has 0 atom stereocenters. The van der Waals surface area contributed by atoms with Crippen LogP contribution in [0.1, 0.15) is 12.8 Å². The molecule has 1 saturated heterocycles. The number of fused-ring (bicyclic) bond motifs is 2. The summed E-state index contributed by atoms with van der Waals surface area (Å²) >= 11 is 0. The molecule has 0 N–H and O–H groups in total. The molecular weight excluding hydrogens is 152 g/mol. The normalized spacial score (nSPS) is 23.4. The van der Waals surface area contributed by atoms with Crippen LogP contribution in [-0.2, 0) is 4.84 Å². The highest BCUT2D eigenvalue weighted by Crippen LogP contribution is 2.29. The maximum atomic E-state index is 4.66. The summed E-state index contributed by atoms with van der Waals surface area (Å²) in [5.74, 6) is 0.730. The fraction of sp³-hybridized carbons (Fsp3) is 0.667. The van der Waals surface area contributed by atoms with E-state index in [1.54, 1.807) is 7.11 Å². The zero-order valence-corrected chi connectivity index (χ0v) is 7.36. The Hall–Kier alpha value is -0.990. The lowest BCUT2D eigenvalue weighted by Gasteiger charge is -2.37. The van der Waals surface area contributed by atoms with Crippen LogP contribution >= 0.6 is 0 Å². The van der Waals surface area contributed by atoms with Crippen molar-refractivity contribution < 1.29 is 4.84 Å². The monoisotopic (exact) mass is 166 g/mol. The average molecular weight is 166 g/mol. The molecule has 0 aliphatic carbocycles. The molecule has 12 heavy (non-hydrogen) atoms. The molecule has 3 aliphatic heterocycles. The number of nitrogens with zero attached hydrogens (tertiary/aromatic N) is 2. The third-order valence-electron chi connectivity index (χ3n) is 2.64. The highest BCUT2D eigenvalue weighted by Gasteiger charge is 2.25. The second kappa shape index (κ2) is 3.17. The van der Waals surface area contributed by atoms with E-state index >= 15 is 0 Å². The highest BCUT2D eigenvalue weighted by molar-refractivity contribution is 5.79. The van der Waals surface area contributed by atoms with Gasteiger partial charge in [-0.3, -0.25) is 0 Å². The zero-order chi connectivity index (χ0) is 8.39. The van der Waals surface area contributed by atoms with Crippen LogP contribution in [0.15, 0.2) is 16.9 Å². The molecule has 3 rings (SSSR count). The number of hydrogen-bond acceptors (Lipinski definition) is 3. The molecule has 0 spiro atoms. The van der Waals surface area contributed by atoms with Crippen molar-refractivity contribution in [2.24, 2.45) is 11.1 Å². The lowest BCUT2D eigenvalue weighted by molar-refractivity contribution is 0.211. The van der Waals surface area contributed by atoms with Gasteiger partial charge in [-0.25, -0.2) is 0 Å². The smallest absolute Gasteiger partial charge is 0.106 e. The average Bonchev–Trinajstić information content (AvgIpc) is 2.17. The van der Waals surface area contributed by atoms with Crippen LogP contribution in [0.25, 0.3) is 0 Å². The number of hydrogen-bond donors (Lipinski definition) is 0. The van der Waals surface area contributed by atoms with Gasteiger partial charge in [0.05, 0.1) is 6.21 Å². The Morgan fingerprint density at radius 1 is 1.58 bits per heavy atom. The van der Waals surface area contributed by atoms with E-state index in [4.69, 9.17) is 0 Å². The largest absolute Gasteiger partial charge is 0.399 e. The van der Waals surface area contributed by atoms with E-state index in [9.17, 15) is 0 Å². The lowest BCUT2D eigenvalue weighted by Crippen LogP contribution is -2.36. The predicted octanol–water partition coefficient (Wildman–Crippen LogP) is 1.23. The fourth-order valence-electron chi connectivity index (χ4n) is 1.93. The van der Waals surface area contributed by atoms with Crippen LogP contribution in [0.4, 0.5) is 0 Å². The van der Waals surface area contributed by atoms with Gasteiger partial charge in [0.15, 0.2) is 0 Å². The van der Waals surface area contributed by atoms with Crippen molar-refractivity contribution in [3.05, 3.63) is 11.8 Å². The minimum Gasteiger partial charge on any atom is -0.399 e. The molecule has 0 aromatic rings. The van der Waals surface area contributed by atoms with Crippen molar-refractivity contribution >= 4 is 6.21 Å². The van der Waals surface area contributed by atoms with Gasteiger partial charge in [-0.1, -0.05) is 5.16 Å². The predicted molar refractivity (Wildman–Crippen MR) is 47.9 cm³/mol. The van der Waals surface area contributed by atoms with Crippen molar-refractivity contribution in [1.29, 1.82) is 0 Å². The van der Waals surface area contributed by atoms with Gasteiger partial charge >= 0.3 is 0 Å². The van der Waals surface area contributed by atoms with E-state index in [1.807, 2.05) is 6.21 Å². The van der Waals surface area contributed by atoms with Crippen molar-refractivity contribution in [1.82, 2.24) is 4.90 Å². The molecule has 0 aromatic heterocycles. The summed E-state index contributed by atoms with van der Waals surface area (Å²) in [6.45, 7) is 2.43. The zero-order valence-electron chi connectivity index (χ0n) is 7.36. The van der Waals surface area contributed by atoms with E-state index < -0.39 is 0 Å². The molecule has 1 fully saturated rings. The molecule has 3 nitrogen and oxygen atoms in total. The summed E-state index contributed by atoms with van der Waals surface area (Å²) in [7, 11) is 1.58. The number of allylic oxidation sites excluding steroid dienone is 1. The number of piperidine rings is 1. The van der Waals surface area contributed by atoms with E-state index in [-0.39, 0.29) is 0 Å². The first-order valence-corrected chi connectivity index (χ1v) is 4.42. The molecule has 3 aliphatic rings. The minimum absolute atomic E-state index is 0.730. The quantitative estimate of drug-likeness (QED) is 0.455. The topological polar surface area (TPSA) is 24.8 Å². The standard InChI is InChI=1S/C9H14N2O/c1-12-10-6-9-7-11-4-2-8(9)3-5-11/h6-8H,2-5H2,1H3. The summed E-state index contributed by atoms with van der Waals surface area (Å²) in [6.07, 6.45) is 6.61. The Morgan fingerprint density at radius 2 is 2.33 bits per heavy atom. The third kappa shape index (κ3) is 1.31. The van der Waals surface area contributed by atoms with E-state index in [0.717, 1.165) is 5.92 Å². The second-order valence-electron chi connectivity index (χ2n) is 3.36. The summed E-state index contributed by atoms with van der Waals surface area (Å²) in [6, 6.07) is 0.